The Balaban J connectivity index is 1.85. The third-order valence-corrected chi connectivity index (χ3v) is 3.79. The molecular weight excluding hydrogens is 210 g/mol. The molecule has 0 spiro atoms. The normalized spacial score (nSPS) is 24.6. The second-order valence-electron chi connectivity index (χ2n) is 5.15. The van der Waals surface area contributed by atoms with Crippen LogP contribution in [0.1, 0.15) is 38.2 Å². The molecule has 1 aromatic carbocycles. The van der Waals surface area contributed by atoms with Gasteiger partial charge in [0, 0.05) is 18.2 Å². The number of benzene rings is 1. The Hall–Kier alpha value is -1.02. The zero-order valence-electron chi connectivity index (χ0n) is 10.9. The van der Waals surface area contributed by atoms with E-state index in [1.807, 2.05) is 12.1 Å². The van der Waals surface area contributed by atoms with Crippen molar-refractivity contribution in [2.45, 2.75) is 45.2 Å². The highest BCUT2D eigenvalue weighted by molar-refractivity contribution is 5.33. The van der Waals surface area contributed by atoms with Gasteiger partial charge in [0.1, 0.15) is 5.75 Å². The number of nitrogens with one attached hydrogen (secondary N) is 1. The minimum Gasteiger partial charge on any atom is -0.496 e. The fourth-order valence-corrected chi connectivity index (χ4v) is 2.57. The van der Waals surface area contributed by atoms with E-state index >= 15 is 0 Å². The SMILES string of the molecule is COc1ccccc1CNC1CCC(C)CC1. The summed E-state index contributed by atoms with van der Waals surface area (Å²) in [5.74, 6) is 1.91. The lowest BCUT2D eigenvalue weighted by Crippen LogP contribution is -2.32. The second-order valence-corrected chi connectivity index (χ2v) is 5.15. The standard InChI is InChI=1S/C15H23NO/c1-12-7-9-14(10-8-12)16-11-13-5-3-4-6-15(13)17-2/h3-6,12,14,16H,7-11H2,1-2H3. The first kappa shape index (κ1) is 12.4. The van der Waals surface area contributed by atoms with Crippen molar-refractivity contribution >= 4 is 0 Å². The van der Waals surface area contributed by atoms with Gasteiger partial charge in [-0.3, -0.25) is 0 Å². The molecule has 1 fully saturated rings. The maximum Gasteiger partial charge on any atom is 0.123 e. The highest BCUT2D eigenvalue weighted by Gasteiger charge is 2.17. The van der Waals surface area contributed by atoms with Gasteiger partial charge in [-0.25, -0.2) is 0 Å². The predicted octanol–water partition coefficient (Wildman–Crippen LogP) is 3.36. The Morgan fingerprint density at radius 1 is 1.18 bits per heavy atom. The van der Waals surface area contributed by atoms with Crippen LogP contribution in [0.2, 0.25) is 0 Å². The topological polar surface area (TPSA) is 21.3 Å². The van der Waals surface area contributed by atoms with E-state index in [9.17, 15) is 0 Å². The maximum atomic E-state index is 5.36. The van der Waals surface area contributed by atoms with Crippen LogP contribution in [0.3, 0.4) is 0 Å². The largest absolute Gasteiger partial charge is 0.496 e. The summed E-state index contributed by atoms with van der Waals surface area (Å²) < 4.78 is 5.36. The molecule has 2 nitrogen and oxygen atoms in total. The molecule has 2 rings (SSSR count). The highest BCUT2D eigenvalue weighted by Crippen LogP contribution is 2.24. The van der Waals surface area contributed by atoms with Gasteiger partial charge in [0.2, 0.25) is 0 Å². The Morgan fingerprint density at radius 3 is 2.59 bits per heavy atom. The van der Waals surface area contributed by atoms with Gasteiger partial charge < -0.3 is 10.1 Å². The molecule has 0 unspecified atom stereocenters. The summed E-state index contributed by atoms with van der Waals surface area (Å²) in [5.41, 5.74) is 1.26. The Morgan fingerprint density at radius 2 is 1.88 bits per heavy atom. The second kappa shape index (κ2) is 6.06. The Kier molecular flexibility index (Phi) is 4.43. The first-order valence-corrected chi connectivity index (χ1v) is 6.65. The van der Waals surface area contributed by atoms with Crippen LogP contribution in [0.5, 0.6) is 5.75 Å². The van der Waals surface area contributed by atoms with E-state index in [4.69, 9.17) is 4.74 Å². The average molecular weight is 233 g/mol. The van der Waals surface area contributed by atoms with Crippen LogP contribution in [0.4, 0.5) is 0 Å². The molecule has 1 aliphatic carbocycles. The third-order valence-electron chi connectivity index (χ3n) is 3.79. The van der Waals surface area contributed by atoms with Crippen LogP contribution >= 0.6 is 0 Å². The van der Waals surface area contributed by atoms with Crippen molar-refractivity contribution in [2.75, 3.05) is 7.11 Å². The number of rotatable bonds is 4. The summed E-state index contributed by atoms with van der Waals surface area (Å²) in [6.07, 6.45) is 5.36. The summed E-state index contributed by atoms with van der Waals surface area (Å²) in [7, 11) is 1.74. The molecule has 0 saturated heterocycles. The van der Waals surface area contributed by atoms with Gasteiger partial charge in [-0.1, -0.05) is 25.1 Å². The molecule has 1 aromatic rings. The number of methoxy groups -OCH3 is 1. The molecule has 0 radical (unpaired) electrons. The van der Waals surface area contributed by atoms with Crippen LogP contribution in [0, 0.1) is 5.92 Å². The van der Waals surface area contributed by atoms with Gasteiger partial charge in [0.05, 0.1) is 7.11 Å². The molecular formula is C15H23NO. The van der Waals surface area contributed by atoms with Gasteiger partial charge in [-0.15, -0.1) is 0 Å². The van der Waals surface area contributed by atoms with E-state index in [1.54, 1.807) is 7.11 Å². The van der Waals surface area contributed by atoms with E-state index in [-0.39, 0.29) is 0 Å². The third kappa shape index (κ3) is 3.47. The summed E-state index contributed by atoms with van der Waals surface area (Å²) in [5, 5.41) is 3.65. The van der Waals surface area contributed by atoms with Crippen LogP contribution in [0.25, 0.3) is 0 Å². The van der Waals surface area contributed by atoms with E-state index in [0.717, 1.165) is 18.2 Å². The van der Waals surface area contributed by atoms with Crippen molar-refractivity contribution in [1.82, 2.24) is 5.32 Å². The van der Waals surface area contributed by atoms with Crippen LogP contribution in [-0.4, -0.2) is 13.2 Å². The summed E-state index contributed by atoms with van der Waals surface area (Å²) >= 11 is 0. The van der Waals surface area contributed by atoms with Crippen molar-refractivity contribution < 1.29 is 4.74 Å². The number of hydrogen-bond acceptors (Lipinski definition) is 2. The van der Waals surface area contributed by atoms with Crippen LogP contribution in [-0.2, 0) is 6.54 Å². The molecule has 0 aliphatic heterocycles. The maximum absolute atomic E-state index is 5.36. The molecule has 0 amide bonds. The zero-order chi connectivity index (χ0) is 12.1. The van der Waals surface area contributed by atoms with Crippen molar-refractivity contribution in [3.63, 3.8) is 0 Å². The van der Waals surface area contributed by atoms with Gasteiger partial charge >= 0.3 is 0 Å². The van der Waals surface area contributed by atoms with Crippen molar-refractivity contribution in [3.05, 3.63) is 29.8 Å². The van der Waals surface area contributed by atoms with Crippen molar-refractivity contribution in [1.29, 1.82) is 0 Å². The van der Waals surface area contributed by atoms with E-state index in [1.165, 1.54) is 31.2 Å². The minimum atomic E-state index is 0.691. The molecule has 0 aromatic heterocycles. The van der Waals surface area contributed by atoms with Gasteiger partial charge in [0.25, 0.3) is 0 Å². The Labute approximate surface area is 104 Å². The quantitative estimate of drug-likeness (QED) is 0.861. The molecule has 1 N–H and O–H groups in total. The predicted molar refractivity (Wildman–Crippen MR) is 71.3 cm³/mol. The summed E-state index contributed by atoms with van der Waals surface area (Å²) in [6, 6.07) is 8.95. The van der Waals surface area contributed by atoms with Crippen molar-refractivity contribution in [2.24, 2.45) is 5.92 Å². The lowest BCUT2D eigenvalue weighted by molar-refractivity contribution is 0.305. The van der Waals surface area contributed by atoms with Gasteiger partial charge in [-0.05, 0) is 37.7 Å². The molecule has 1 aliphatic rings. The molecule has 2 heteroatoms. The van der Waals surface area contributed by atoms with Crippen molar-refractivity contribution in [3.8, 4) is 5.75 Å². The molecule has 0 heterocycles. The van der Waals surface area contributed by atoms with E-state index in [0.29, 0.717) is 6.04 Å². The van der Waals surface area contributed by atoms with Crippen LogP contribution < -0.4 is 10.1 Å². The first-order valence-electron chi connectivity index (χ1n) is 6.65. The first-order chi connectivity index (χ1) is 8.29. The van der Waals surface area contributed by atoms with Crippen LogP contribution in [0.15, 0.2) is 24.3 Å². The van der Waals surface area contributed by atoms with Gasteiger partial charge in [0.15, 0.2) is 0 Å². The molecule has 94 valence electrons. The lowest BCUT2D eigenvalue weighted by Gasteiger charge is -2.27. The number of hydrogen-bond donors (Lipinski definition) is 1. The molecule has 0 bridgehead atoms. The minimum absolute atomic E-state index is 0.691. The smallest absolute Gasteiger partial charge is 0.123 e. The lowest BCUT2D eigenvalue weighted by atomic mass is 9.87. The summed E-state index contributed by atoms with van der Waals surface area (Å²) in [4.78, 5) is 0. The van der Waals surface area contributed by atoms with E-state index in [2.05, 4.69) is 24.4 Å². The van der Waals surface area contributed by atoms with Gasteiger partial charge in [-0.2, -0.15) is 0 Å². The highest BCUT2D eigenvalue weighted by atomic mass is 16.5. The fourth-order valence-electron chi connectivity index (χ4n) is 2.57. The monoisotopic (exact) mass is 233 g/mol. The number of para-hydroxylation sites is 1. The average Bonchev–Trinajstić information content (AvgIpc) is 2.38. The fraction of sp³-hybridized carbons (Fsp3) is 0.600. The summed E-state index contributed by atoms with van der Waals surface area (Å²) in [6.45, 7) is 3.28. The Bertz CT molecular complexity index is 343. The molecule has 0 atom stereocenters. The number of ether oxygens (including phenoxy) is 1. The zero-order valence-corrected chi connectivity index (χ0v) is 10.9. The molecule has 17 heavy (non-hydrogen) atoms. The molecule has 1 saturated carbocycles. The van der Waals surface area contributed by atoms with E-state index < -0.39 is 0 Å².